The van der Waals surface area contributed by atoms with Crippen LogP contribution in [0.25, 0.3) is 6.08 Å². The number of hydrogen-bond acceptors (Lipinski definition) is 2. The normalized spacial score (nSPS) is 10.6. The van der Waals surface area contributed by atoms with E-state index in [-0.39, 0.29) is 0 Å². The summed E-state index contributed by atoms with van der Waals surface area (Å²) in [4.78, 5) is 0. The average molecular weight is 177 g/mol. The Morgan fingerprint density at radius 2 is 2.23 bits per heavy atom. The zero-order chi connectivity index (χ0) is 9.68. The Morgan fingerprint density at radius 1 is 1.46 bits per heavy atom. The quantitative estimate of drug-likeness (QED) is 0.569. The molecule has 0 saturated heterocycles. The number of nitrogen functional groups attached to an aromatic ring is 1. The van der Waals surface area contributed by atoms with E-state index >= 15 is 0 Å². The molecule has 0 fully saturated rings. The van der Waals surface area contributed by atoms with Crippen LogP contribution in [0.5, 0.6) is 0 Å². The van der Waals surface area contributed by atoms with Crippen LogP contribution in [-0.4, -0.2) is 6.61 Å². The topological polar surface area (TPSA) is 35.2 Å². The number of anilines is 1. The Morgan fingerprint density at radius 3 is 2.85 bits per heavy atom. The summed E-state index contributed by atoms with van der Waals surface area (Å²) in [6, 6.07) is 5.97. The van der Waals surface area contributed by atoms with Gasteiger partial charge in [0.15, 0.2) is 0 Å². The van der Waals surface area contributed by atoms with Gasteiger partial charge in [-0.25, -0.2) is 0 Å². The van der Waals surface area contributed by atoms with Gasteiger partial charge in [0.1, 0.15) is 0 Å². The van der Waals surface area contributed by atoms with Crippen molar-refractivity contribution in [3.05, 3.63) is 35.6 Å². The van der Waals surface area contributed by atoms with Gasteiger partial charge >= 0.3 is 0 Å². The predicted octanol–water partition coefficient (Wildman–Crippen LogP) is 2.58. The van der Waals surface area contributed by atoms with Crippen LogP contribution in [0, 0.1) is 6.92 Å². The van der Waals surface area contributed by atoms with Gasteiger partial charge in [0.25, 0.3) is 0 Å². The molecule has 1 rings (SSSR count). The molecule has 0 spiro atoms. The fourth-order valence-corrected chi connectivity index (χ4v) is 1.06. The van der Waals surface area contributed by atoms with Crippen molar-refractivity contribution >= 4 is 11.8 Å². The molecule has 2 nitrogen and oxygen atoms in total. The van der Waals surface area contributed by atoms with Gasteiger partial charge in [0.05, 0.1) is 12.9 Å². The Labute approximate surface area is 79.0 Å². The first-order valence-corrected chi connectivity index (χ1v) is 4.38. The lowest BCUT2D eigenvalue weighted by molar-refractivity contribution is 0.272. The van der Waals surface area contributed by atoms with Crippen molar-refractivity contribution in [2.45, 2.75) is 13.8 Å². The third-order valence-corrected chi connectivity index (χ3v) is 1.75. The number of ether oxygens (including phenoxy) is 1. The summed E-state index contributed by atoms with van der Waals surface area (Å²) in [5.74, 6) is 0. The molecule has 0 heterocycles. The highest BCUT2D eigenvalue weighted by molar-refractivity contribution is 5.64. The molecule has 1 aromatic rings. The summed E-state index contributed by atoms with van der Waals surface area (Å²) in [6.45, 7) is 4.65. The molecule has 70 valence electrons. The molecular weight excluding hydrogens is 162 g/mol. The van der Waals surface area contributed by atoms with E-state index in [1.165, 1.54) is 5.56 Å². The second kappa shape index (κ2) is 4.55. The summed E-state index contributed by atoms with van der Waals surface area (Å²) >= 11 is 0. The third-order valence-electron chi connectivity index (χ3n) is 1.75. The Balaban J connectivity index is 2.77. The van der Waals surface area contributed by atoms with Crippen LogP contribution in [0.1, 0.15) is 18.1 Å². The van der Waals surface area contributed by atoms with Gasteiger partial charge in [-0.15, -0.1) is 0 Å². The van der Waals surface area contributed by atoms with Crippen LogP contribution in [0.3, 0.4) is 0 Å². The molecule has 1 aromatic carbocycles. The zero-order valence-electron chi connectivity index (χ0n) is 8.08. The molecule has 2 N–H and O–H groups in total. The number of hydrogen-bond donors (Lipinski definition) is 1. The number of rotatable bonds is 3. The lowest BCUT2D eigenvalue weighted by atomic mass is 10.1. The van der Waals surface area contributed by atoms with Crippen molar-refractivity contribution in [3.63, 3.8) is 0 Å². The van der Waals surface area contributed by atoms with E-state index in [0.717, 1.165) is 11.3 Å². The maximum absolute atomic E-state index is 5.80. The molecule has 13 heavy (non-hydrogen) atoms. The van der Waals surface area contributed by atoms with Crippen LogP contribution < -0.4 is 5.73 Å². The first kappa shape index (κ1) is 9.65. The van der Waals surface area contributed by atoms with E-state index in [0.29, 0.717) is 6.61 Å². The molecule has 0 aromatic heterocycles. The Hall–Kier alpha value is -1.44. The summed E-state index contributed by atoms with van der Waals surface area (Å²) in [6.07, 6.45) is 3.54. The third kappa shape index (κ3) is 2.82. The number of nitrogens with two attached hydrogens (primary N) is 1. The van der Waals surface area contributed by atoms with E-state index in [1.807, 2.05) is 38.1 Å². The summed E-state index contributed by atoms with van der Waals surface area (Å²) in [5, 5.41) is 0. The molecule has 0 aliphatic carbocycles. The number of benzene rings is 1. The van der Waals surface area contributed by atoms with E-state index in [2.05, 4.69) is 0 Å². The number of aryl methyl sites for hydroxylation is 1. The van der Waals surface area contributed by atoms with Gasteiger partial charge in [0.2, 0.25) is 0 Å². The van der Waals surface area contributed by atoms with Gasteiger partial charge in [-0.05, 0) is 31.6 Å². The fourth-order valence-electron chi connectivity index (χ4n) is 1.06. The lowest BCUT2D eigenvalue weighted by Gasteiger charge is -2.01. The van der Waals surface area contributed by atoms with Gasteiger partial charge in [0, 0.05) is 11.3 Å². The van der Waals surface area contributed by atoms with Gasteiger partial charge in [-0.3, -0.25) is 0 Å². The van der Waals surface area contributed by atoms with Crippen LogP contribution in [0.15, 0.2) is 24.5 Å². The van der Waals surface area contributed by atoms with Gasteiger partial charge in [-0.1, -0.05) is 12.1 Å². The van der Waals surface area contributed by atoms with Crippen molar-refractivity contribution in [1.29, 1.82) is 0 Å². The summed E-state index contributed by atoms with van der Waals surface area (Å²) in [5.41, 5.74) is 8.76. The average Bonchev–Trinajstić information content (AvgIpc) is 2.09. The SMILES string of the molecule is CCOC=Cc1ccc(C)cc1N. The van der Waals surface area contributed by atoms with Gasteiger partial charge < -0.3 is 10.5 Å². The highest BCUT2D eigenvalue weighted by Gasteiger charge is 1.93. The molecule has 0 unspecified atom stereocenters. The fraction of sp³-hybridized carbons (Fsp3) is 0.273. The second-order valence-corrected chi connectivity index (χ2v) is 2.89. The van der Waals surface area contributed by atoms with Crippen molar-refractivity contribution in [2.24, 2.45) is 0 Å². The summed E-state index contributed by atoms with van der Waals surface area (Å²) < 4.78 is 5.09. The first-order chi connectivity index (χ1) is 6.24. The van der Waals surface area contributed by atoms with Gasteiger partial charge in [-0.2, -0.15) is 0 Å². The molecule has 0 bridgehead atoms. The molecule has 0 radical (unpaired) electrons. The molecule has 0 aliphatic rings. The molecule has 0 aliphatic heterocycles. The molecule has 0 saturated carbocycles. The van der Waals surface area contributed by atoms with Crippen molar-refractivity contribution < 1.29 is 4.74 Å². The highest BCUT2D eigenvalue weighted by Crippen LogP contribution is 2.15. The van der Waals surface area contributed by atoms with Crippen LogP contribution in [-0.2, 0) is 4.74 Å². The monoisotopic (exact) mass is 177 g/mol. The van der Waals surface area contributed by atoms with Crippen LogP contribution >= 0.6 is 0 Å². The van der Waals surface area contributed by atoms with Crippen LogP contribution in [0.4, 0.5) is 5.69 Å². The van der Waals surface area contributed by atoms with Crippen molar-refractivity contribution in [1.82, 2.24) is 0 Å². The maximum atomic E-state index is 5.80. The predicted molar refractivity (Wildman–Crippen MR) is 56.3 cm³/mol. The largest absolute Gasteiger partial charge is 0.501 e. The van der Waals surface area contributed by atoms with Crippen molar-refractivity contribution in [2.75, 3.05) is 12.3 Å². The van der Waals surface area contributed by atoms with E-state index in [9.17, 15) is 0 Å². The molecular formula is C11H15NO. The first-order valence-electron chi connectivity index (χ1n) is 4.38. The molecule has 0 amide bonds. The van der Waals surface area contributed by atoms with E-state index < -0.39 is 0 Å². The maximum Gasteiger partial charge on any atom is 0.0845 e. The molecule has 2 heteroatoms. The molecule has 0 atom stereocenters. The second-order valence-electron chi connectivity index (χ2n) is 2.89. The smallest absolute Gasteiger partial charge is 0.0845 e. The van der Waals surface area contributed by atoms with E-state index in [4.69, 9.17) is 10.5 Å². The minimum atomic E-state index is 0.683. The Bertz CT molecular complexity index is 305. The standard InChI is InChI=1S/C11H15NO/c1-3-13-7-6-10-5-4-9(2)8-11(10)12/h4-8H,3,12H2,1-2H3. The Kier molecular flexibility index (Phi) is 3.38. The summed E-state index contributed by atoms with van der Waals surface area (Å²) in [7, 11) is 0. The van der Waals surface area contributed by atoms with Crippen molar-refractivity contribution in [3.8, 4) is 0 Å². The minimum Gasteiger partial charge on any atom is -0.501 e. The zero-order valence-corrected chi connectivity index (χ0v) is 8.08. The van der Waals surface area contributed by atoms with E-state index in [1.54, 1.807) is 6.26 Å². The van der Waals surface area contributed by atoms with Crippen LogP contribution in [0.2, 0.25) is 0 Å². The highest BCUT2D eigenvalue weighted by atomic mass is 16.5. The lowest BCUT2D eigenvalue weighted by Crippen LogP contribution is -1.89. The minimum absolute atomic E-state index is 0.683.